The molecule has 0 saturated carbocycles. The summed E-state index contributed by atoms with van der Waals surface area (Å²) in [6, 6.07) is 10.2. The van der Waals surface area contributed by atoms with Gasteiger partial charge in [0.1, 0.15) is 5.75 Å². The summed E-state index contributed by atoms with van der Waals surface area (Å²) in [5.41, 5.74) is 2.53. The molecule has 0 spiro atoms. The smallest absolute Gasteiger partial charge is 0.296 e. The molecule has 0 N–H and O–H groups in total. The van der Waals surface area contributed by atoms with Crippen LogP contribution in [0.3, 0.4) is 0 Å². The van der Waals surface area contributed by atoms with Gasteiger partial charge in [0.2, 0.25) is 0 Å². The Kier molecular flexibility index (Phi) is 4.27. The van der Waals surface area contributed by atoms with Crippen LogP contribution in [0.15, 0.2) is 46.6 Å². The van der Waals surface area contributed by atoms with Crippen molar-refractivity contribution >= 4 is 17.1 Å². The largest absolute Gasteiger partial charge is 0.497 e. The quantitative estimate of drug-likeness (QED) is 0.466. The van der Waals surface area contributed by atoms with Gasteiger partial charge in [0, 0.05) is 12.1 Å². The van der Waals surface area contributed by atoms with Crippen LogP contribution < -0.4 is 4.74 Å². The molecule has 0 amide bonds. The Balaban J connectivity index is 2.38. The van der Waals surface area contributed by atoms with Crippen molar-refractivity contribution in [1.29, 1.82) is 0 Å². The molecule has 0 fully saturated rings. The standard InChI is InChI=1S/C15H15N3O3/c1-10-4-5-14(15(8-10)18(19)20)17-16-12-6-11(2)7-13(9-12)21-3/h4-9H,1-3H3. The molecule has 0 heterocycles. The molecule has 0 aliphatic rings. The van der Waals surface area contributed by atoms with Gasteiger partial charge in [-0.05, 0) is 43.2 Å². The molecule has 6 heteroatoms. The summed E-state index contributed by atoms with van der Waals surface area (Å²) >= 11 is 0. The third-order valence-corrected chi connectivity index (χ3v) is 2.87. The van der Waals surface area contributed by atoms with Gasteiger partial charge in [0.05, 0.1) is 17.7 Å². The summed E-state index contributed by atoms with van der Waals surface area (Å²) in [4.78, 5) is 10.6. The van der Waals surface area contributed by atoms with E-state index in [9.17, 15) is 10.1 Å². The number of rotatable bonds is 4. The van der Waals surface area contributed by atoms with Crippen molar-refractivity contribution in [1.82, 2.24) is 0 Å². The molecule has 2 aromatic carbocycles. The first-order chi connectivity index (χ1) is 9.99. The van der Waals surface area contributed by atoms with E-state index in [0.29, 0.717) is 11.4 Å². The van der Waals surface area contributed by atoms with E-state index < -0.39 is 4.92 Å². The van der Waals surface area contributed by atoms with Gasteiger partial charge in [0.25, 0.3) is 5.69 Å². The maximum atomic E-state index is 11.0. The lowest BCUT2D eigenvalue weighted by atomic mass is 10.2. The van der Waals surface area contributed by atoms with Gasteiger partial charge in [0.15, 0.2) is 5.69 Å². The first-order valence-electron chi connectivity index (χ1n) is 6.32. The average Bonchev–Trinajstić information content (AvgIpc) is 2.45. The molecular weight excluding hydrogens is 270 g/mol. The molecule has 2 aromatic rings. The lowest BCUT2D eigenvalue weighted by Crippen LogP contribution is -1.89. The predicted octanol–water partition coefficient (Wildman–Crippen LogP) is 4.64. The van der Waals surface area contributed by atoms with Crippen molar-refractivity contribution < 1.29 is 9.66 Å². The molecule has 0 saturated heterocycles. The number of azo groups is 1. The fraction of sp³-hybridized carbons (Fsp3) is 0.200. The minimum absolute atomic E-state index is 0.0571. The lowest BCUT2D eigenvalue weighted by molar-refractivity contribution is -0.384. The second-order valence-corrected chi connectivity index (χ2v) is 4.66. The summed E-state index contributed by atoms with van der Waals surface area (Å²) in [7, 11) is 1.57. The van der Waals surface area contributed by atoms with E-state index in [1.54, 1.807) is 32.2 Å². The van der Waals surface area contributed by atoms with Gasteiger partial charge in [-0.25, -0.2) is 0 Å². The highest BCUT2D eigenvalue weighted by molar-refractivity contribution is 5.58. The zero-order valence-corrected chi connectivity index (χ0v) is 12.0. The first-order valence-corrected chi connectivity index (χ1v) is 6.32. The molecule has 108 valence electrons. The van der Waals surface area contributed by atoms with Gasteiger partial charge in [-0.3, -0.25) is 10.1 Å². The van der Waals surface area contributed by atoms with E-state index in [1.807, 2.05) is 19.1 Å². The van der Waals surface area contributed by atoms with Crippen molar-refractivity contribution in [2.45, 2.75) is 13.8 Å². The van der Waals surface area contributed by atoms with Crippen molar-refractivity contribution in [2.75, 3.05) is 7.11 Å². The molecule has 0 aromatic heterocycles. The van der Waals surface area contributed by atoms with Crippen molar-refractivity contribution in [3.63, 3.8) is 0 Å². The molecule has 0 aliphatic carbocycles. The van der Waals surface area contributed by atoms with E-state index in [1.165, 1.54) is 6.07 Å². The van der Waals surface area contributed by atoms with Gasteiger partial charge in [-0.1, -0.05) is 6.07 Å². The summed E-state index contributed by atoms with van der Waals surface area (Å²) < 4.78 is 5.16. The zero-order chi connectivity index (χ0) is 15.4. The predicted molar refractivity (Wildman–Crippen MR) is 79.7 cm³/mol. The van der Waals surface area contributed by atoms with E-state index in [4.69, 9.17) is 4.74 Å². The van der Waals surface area contributed by atoms with Crippen molar-refractivity contribution in [3.05, 3.63) is 57.6 Å². The Bertz CT molecular complexity index is 711. The summed E-state index contributed by atoms with van der Waals surface area (Å²) in [5, 5.41) is 19.1. The van der Waals surface area contributed by atoms with Gasteiger partial charge >= 0.3 is 0 Å². The molecule has 0 bridgehead atoms. The van der Waals surface area contributed by atoms with Crippen LogP contribution in [-0.2, 0) is 0 Å². The Labute approximate surface area is 122 Å². The van der Waals surface area contributed by atoms with Gasteiger partial charge in [-0.2, -0.15) is 5.11 Å². The minimum atomic E-state index is -0.460. The maximum absolute atomic E-state index is 11.0. The zero-order valence-electron chi connectivity index (χ0n) is 12.0. The summed E-state index contributed by atoms with van der Waals surface area (Å²) in [6.45, 7) is 3.70. The number of hydrogen-bond donors (Lipinski definition) is 0. The fourth-order valence-corrected chi connectivity index (χ4v) is 1.88. The number of nitrogens with zero attached hydrogens (tertiary/aromatic N) is 3. The normalized spacial score (nSPS) is 10.8. The van der Waals surface area contributed by atoms with Crippen LogP contribution in [0.1, 0.15) is 11.1 Å². The second-order valence-electron chi connectivity index (χ2n) is 4.66. The van der Waals surface area contributed by atoms with E-state index in [0.717, 1.165) is 11.1 Å². The summed E-state index contributed by atoms with van der Waals surface area (Å²) in [5.74, 6) is 0.669. The molecule has 0 aliphatic heterocycles. The van der Waals surface area contributed by atoms with Crippen LogP contribution in [0, 0.1) is 24.0 Å². The Morgan fingerprint density at radius 2 is 1.81 bits per heavy atom. The highest BCUT2D eigenvalue weighted by atomic mass is 16.6. The van der Waals surface area contributed by atoms with Crippen molar-refractivity contribution in [3.8, 4) is 5.75 Å². The van der Waals surface area contributed by atoms with Crippen LogP contribution in [0.4, 0.5) is 17.1 Å². The molecule has 2 rings (SSSR count). The van der Waals surface area contributed by atoms with Crippen LogP contribution in [0.2, 0.25) is 0 Å². The third-order valence-electron chi connectivity index (χ3n) is 2.87. The third kappa shape index (κ3) is 3.62. The SMILES string of the molecule is COc1cc(C)cc(N=Nc2ccc(C)cc2[N+](=O)[O-])c1. The number of methoxy groups -OCH3 is 1. The second kappa shape index (κ2) is 6.13. The Morgan fingerprint density at radius 3 is 2.48 bits per heavy atom. The number of ether oxygens (including phenoxy) is 1. The van der Waals surface area contributed by atoms with E-state index >= 15 is 0 Å². The molecule has 21 heavy (non-hydrogen) atoms. The topological polar surface area (TPSA) is 77.1 Å². The fourth-order valence-electron chi connectivity index (χ4n) is 1.88. The van der Waals surface area contributed by atoms with Crippen LogP contribution >= 0.6 is 0 Å². The van der Waals surface area contributed by atoms with Crippen LogP contribution in [0.25, 0.3) is 0 Å². The van der Waals surface area contributed by atoms with Crippen LogP contribution in [0.5, 0.6) is 5.75 Å². The van der Waals surface area contributed by atoms with E-state index in [2.05, 4.69) is 10.2 Å². The molecular formula is C15H15N3O3. The molecule has 0 unspecified atom stereocenters. The number of nitro benzene ring substituents is 1. The highest BCUT2D eigenvalue weighted by Gasteiger charge is 2.13. The van der Waals surface area contributed by atoms with Gasteiger partial charge < -0.3 is 4.74 Å². The van der Waals surface area contributed by atoms with Gasteiger partial charge in [-0.15, -0.1) is 5.11 Å². The minimum Gasteiger partial charge on any atom is -0.497 e. The highest BCUT2D eigenvalue weighted by Crippen LogP contribution is 2.30. The summed E-state index contributed by atoms with van der Waals surface area (Å²) in [6.07, 6.45) is 0. The lowest BCUT2D eigenvalue weighted by Gasteiger charge is -2.02. The van der Waals surface area contributed by atoms with Crippen LogP contribution in [-0.4, -0.2) is 12.0 Å². The monoisotopic (exact) mass is 285 g/mol. The average molecular weight is 285 g/mol. The first kappa shape index (κ1) is 14.6. The van der Waals surface area contributed by atoms with E-state index in [-0.39, 0.29) is 11.4 Å². The molecule has 0 radical (unpaired) electrons. The molecule has 0 atom stereocenters. The maximum Gasteiger partial charge on any atom is 0.296 e. The Morgan fingerprint density at radius 1 is 1.05 bits per heavy atom. The van der Waals surface area contributed by atoms with Crippen molar-refractivity contribution in [2.24, 2.45) is 10.2 Å². The molecule has 6 nitrogen and oxygen atoms in total. The number of aryl methyl sites for hydroxylation is 2. The number of nitro groups is 1. The Hall–Kier alpha value is -2.76. The number of hydrogen-bond acceptors (Lipinski definition) is 5. The number of benzene rings is 2.